The van der Waals surface area contributed by atoms with Crippen LogP contribution in [-0.4, -0.2) is 25.2 Å². The third kappa shape index (κ3) is 3.61. The largest absolute Gasteiger partial charge is 0.453 e. The number of hydrogen-bond donors (Lipinski definition) is 3. The van der Waals surface area contributed by atoms with Gasteiger partial charge in [0.15, 0.2) is 0 Å². The Morgan fingerprint density at radius 2 is 1.86 bits per heavy atom. The molecule has 1 atom stereocenters. The molecule has 0 aliphatic rings. The number of amides is 2. The van der Waals surface area contributed by atoms with E-state index in [0.717, 1.165) is 0 Å². The Balaban J connectivity index is 4.58. The predicted molar refractivity (Wildman–Crippen MR) is 51.1 cm³/mol. The van der Waals surface area contributed by atoms with Gasteiger partial charge in [-0.1, -0.05) is 20.8 Å². The third-order valence-corrected chi connectivity index (χ3v) is 1.72. The van der Waals surface area contributed by atoms with Crippen molar-refractivity contribution < 1.29 is 14.3 Å². The van der Waals surface area contributed by atoms with Gasteiger partial charge < -0.3 is 10.1 Å². The van der Waals surface area contributed by atoms with Crippen molar-refractivity contribution in [2.75, 3.05) is 7.11 Å². The Hall–Kier alpha value is -1.30. The highest BCUT2D eigenvalue weighted by atomic mass is 16.5. The summed E-state index contributed by atoms with van der Waals surface area (Å²) in [7, 11) is 1.23. The molecule has 0 aliphatic heterocycles. The standard InChI is InChI=1S/C8H17N3O3/c1-8(2,3)5(6(12)11-9)10-7(13)14-4/h5H,9H2,1-4H3,(H,10,13)(H,11,12)/t5-/m1/s1. The van der Waals surface area contributed by atoms with Crippen molar-refractivity contribution in [3.63, 3.8) is 0 Å². The fourth-order valence-corrected chi connectivity index (χ4v) is 0.935. The maximum Gasteiger partial charge on any atom is 0.407 e. The lowest BCUT2D eigenvalue weighted by Gasteiger charge is -2.28. The van der Waals surface area contributed by atoms with E-state index in [1.807, 2.05) is 26.2 Å². The van der Waals surface area contributed by atoms with Crippen LogP contribution in [0.15, 0.2) is 0 Å². The molecule has 0 unspecified atom stereocenters. The van der Waals surface area contributed by atoms with Gasteiger partial charge in [-0.15, -0.1) is 0 Å². The molecule has 0 spiro atoms. The first-order valence-electron chi connectivity index (χ1n) is 4.18. The van der Waals surface area contributed by atoms with Gasteiger partial charge in [-0.05, 0) is 5.41 Å². The first-order chi connectivity index (χ1) is 6.32. The minimum absolute atomic E-state index is 0.433. The van der Waals surface area contributed by atoms with Gasteiger partial charge in [0.05, 0.1) is 7.11 Å². The number of nitrogens with one attached hydrogen (secondary N) is 2. The molecule has 0 saturated heterocycles. The van der Waals surface area contributed by atoms with Crippen LogP contribution in [-0.2, 0) is 9.53 Å². The van der Waals surface area contributed by atoms with Gasteiger partial charge >= 0.3 is 6.09 Å². The fourth-order valence-electron chi connectivity index (χ4n) is 0.935. The lowest BCUT2D eigenvalue weighted by Crippen LogP contribution is -2.55. The normalized spacial score (nSPS) is 12.9. The molecule has 14 heavy (non-hydrogen) atoms. The zero-order valence-electron chi connectivity index (χ0n) is 8.88. The van der Waals surface area contributed by atoms with Crippen molar-refractivity contribution in [2.24, 2.45) is 11.3 Å². The molecule has 4 N–H and O–H groups in total. The Morgan fingerprint density at radius 3 is 2.14 bits per heavy atom. The highest BCUT2D eigenvalue weighted by Crippen LogP contribution is 2.19. The first kappa shape index (κ1) is 12.7. The van der Waals surface area contributed by atoms with Crippen LogP contribution in [0.5, 0.6) is 0 Å². The maximum absolute atomic E-state index is 11.3. The zero-order chi connectivity index (χ0) is 11.4. The van der Waals surface area contributed by atoms with Crippen molar-refractivity contribution in [2.45, 2.75) is 26.8 Å². The molecule has 0 rings (SSSR count). The summed E-state index contributed by atoms with van der Waals surface area (Å²) < 4.78 is 4.40. The summed E-state index contributed by atoms with van der Waals surface area (Å²) in [6, 6.07) is -0.722. The van der Waals surface area contributed by atoms with Crippen LogP contribution in [0.3, 0.4) is 0 Å². The van der Waals surface area contributed by atoms with E-state index in [4.69, 9.17) is 5.84 Å². The summed E-state index contributed by atoms with van der Waals surface area (Å²) in [5.41, 5.74) is 1.56. The van der Waals surface area contributed by atoms with Crippen molar-refractivity contribution in [3.8, 4) is 0 Å². The second kappa shape index (κ2) is 4.80. The number of hydrogen-bond acceptors (Lipinski definition) is 4. The van der Waals surface area contributed by atoms with E-state index in [-0.39, 0.29) is 0 Å². The van der Waals surface area contributed by atoms with Crippen LogP contribution in [0.25, 0.3) is 0 Å². The summed E-state index contributed by atoms with van der Waals surface area (Å²) in [4.78, 5) is 22.2. The molecule has 6 nitrogen and oxygen atoms in total. The first-order valence-corrected chi connectivity index (χ1v) is 4.18. The molecule has 0 fully saturated rings. The topological polar surface area (TPSA) is 93.4 Å². The molecule has 0 aromatic heterocycles. The van der Waals surface area contributed by atoms with Gasteiger partial charge in [-0.3, -0.25) is 10.2 Å². The lowest BCUT2D eigenvalue weighted by atomic mass is 9.86. The number of ether oxygens (including phenoxy) is 1. The molecule has 0 bridgehead atoms. The van der Waals surface area contributed by atoms with Gasteiger partial charge in [0, 0.05) is 0 Å². The Morgan fingerprint density at radius 1 is 1.36 bits per heavy atom. The molecule has 0 aromatic carbocycles. The minimum Gasteiger partial charge on any atom is -0.453 e. The van der Waals surface area contributed by atoms with Crippen molar-refractivity contribution in [1.82, 2.24) is 10.7 Å². The summed E-state index contributed by atoms with van der Waals surface area (Å²) in [5.74, 6) is 4.54. The number of carbonyl (C=O) groups is 2. The second-order valence-corrected chi connectivity index (χ2v) is 3.94. The van der Waals surface area contributed by atoms with Crippen molar-refractivity contribution in [1.29, 1.82) is 0 Å². The van der Waals surface area contributed by atoms with Gasteiger partial charge in [0.1, 0.15) is 6.04 Å². The summed E-state index contributed by atoms with van der Waals surface area (Å²) in [6.45, 7) is 5.43. The average Bonchev–Trinajstić information content (AvgIpc) is 2.10. The molecular formula is C8H17N3O3. The van der Waals surface area contributed by atoms with Crippen molar-refractivity contribution in [3.05, 3.63) is 0 Å². The number of rotatable bonds is 2. The SMILES string of the molecule is COC(=O)N[C@H](C(=O)NN)C(C)(C)C. The average molecular weight is 203 g/mol. The fraction of sp³-hybridized carbons (Fsp3) is 0.750. The molecule has 0 radical (unpaired) electrons. The number of alkyl carbamates (subject to hydrolysis) is 1. The van der Waals surface area contributed by atoms with Crippen LogP contribution in [0.2, 0.25) is 0 Å². The van der Waals surface area contributed by atoms with Crippen LogP contribution in [0.4, 0.5) is 4.79 Å². The van der Waals surface area contributed by atoms with Gasteiger partial charge in [-0.25, -0.2) is 10.6 Å². The summed E-state index contributed by atoms with van der Waals surface area (Å²) in [6.07, 6.45) is -0.659. The van der Waals surface area contributed by atoms with E-state index in [9.17, 15) is 9.59 Å². The van der Waals surface area contributed by atoms with Crippen LogP contribution < -0.4 is 16.6 Å². The number of carbonyl (C=O) groups excluding carboxylic acids is 2. The lowest BCUT2D eigenvalue weighted by molar-refractivity contribution is -0.125. The smallest absolute Gasteiger partial charge is 0.407 e. The number of hydrazine groups is 1. The highest BCUT2D eigenvalue weighted by Gasteiger charge is 2.32. The second-order valence-electron chi connectivity index (χ2n) is 3.94. The van der Waals surface area contributed by atoms with Gasteiger partial charge in [-0.2, -0.15) is 0 Å². The molecule has 82 valence electrons. The van der Waals surface area contributed by atoms with E-state index in [2.05, 4.69) is 10.1 Å². The van der Waals surface area contributed by atoms with E-state index in [0.29, 0.717) is 0 Å². The highest BCUT2D eigenvalue weighted by molar-refractivity contribution is 5.85. The molecule has 0 aromatic rings. The van der Waals surface area contributed by atoms with E-state index >= 15 is 0 Å². The van der Waals surface area contributed by atoms with Gasteiger partial charge in [0.2, 0.25) is 0 Å². The van der Waals surface area contributed by atoms with Crippen LogP contribution in [0.1, 0.15) is 20.8 Å². The molecule has 0 saturated carbocycles. The van der Waals surface area contributed by atoms with Crippen LogP contribution in [0, 0.1) is 5.41 Å². The molecule has 0 heterocycles. The minimum atomic E-state index is -0.722. The number of nitrogens with two attached hydrogens (primary N) is 1. The Bertz CT molecular complexity index is 222. The van der Waals surface area contributed by atoms with E-state index in [1.54, 1.807) is 0 Å². The van der Waals surface area contributed by atoms with Crippen LogP contribution >= 0.6 is 0 Å². The quantitative estimate of drug-likeness (QED) is 0.327. The van der Waals surface area contributed by atoms with E-state index < -0.39 is 23.5 Å². The van der Waals surface area contributed by atoms with Gasteiger partial charge in [0.25, 0.3) is 5.91 Å². The summed E-state index contributed by atoms with van der Waals surface area (Å²) >= 11 is 0. The van der Waals surface area contributed by atoms with E-state index in [1.165, 1.54) is 7.11 Å². The maximum atomic E-state index is 11.3. The molecular weight excluding hydrogens is 186 g/mol. The molecule has 0 aliphatic carbocycles. The monoisotopic (exact) mass is 203 g/mol. The van der Waals surface area contributed by atoms with Crippen molar-refractivity contribution >= 4 is 12.0 Å². The number of methoxy groups -OCH3 is 1. The predicted octanol–water partition coefficient (Wildman–Crippen LogP) is -0.253. The molecule has 2 amide bonds. The summed E-state index contributed by atoms with van der Waals surface area (Å²) in [5, 5.41) is 2.40. The Labute approximate surface area is 83.1 Å². The molecule has 6 heteroatoms. The third-order valence-electron chi connectivity index (χ3n) is 1.72. The zero-order valence-corrected chi connectivity index (χ0v) is 8.88. The Kier molecular flexibility index (Phi) is 4.36.